The van der Waals surface area contributed by atoms with E-state index in [0.29, 0.717) is 5.65 Å². The van der Waals surface area contributed by atoms with Crippen molar-refractivity contribution in [2.24, 2.45) is 0 Å². The minimum Gasteiger partial charge on any atom is -0.314 e. The average molecular weight is 163 g/mol. The summed E-state index contributed by atoms with van der Waals surface area (Å²) in [5.74, 6) is 0. The maximum absolute atomic E-state index is 11.3. The number of rotatable bonds is 0. The van der Waals surface area contributed by atoms with Crippen LogP contribution < -0.4 is 5.69 Å². The minimum atomic E-state index is -0.134. The Labute approximate surface area is 68.9 Å². The molecule has 1 N–H and O–H groups in total. The van der Waals surface area contributed by atoms with Crippen LogP contribution >= 0.6 is 0 Å². The van der Waals surface area contributed by atoms with Gasteiger partial charge in [-0.05, 0) is 19.9 Å². The van der Waals surface area contributed by atoms with Gasteiger partial charge in [0.05, 0.1) is 5.69 Å². The molecule has 0 unspecified atom stereocenters. The molecule has 2 rings (SSSR count). The van der Waals surface area contributed by atoms with E-state index in [-0.39, 0.29) is 5.69 Å². The second kappa shape index (κ2) is 2.20. The number of aryl methyl sites for hydroxylation is 2. The molecule has 0 fully saturated rings. The van der Waals surface area contributed by atoms with Gasteiger partial charge in [-0.25, -0.2) is 14.2 Å². The third-order valence-corrected chi connectivity index (χ3v) is 2.01. The van der Waals surface area contributed by atoms with Crippen LogP contribution in [0.3, 0.4) is 0 Å². The highest BCUT2D eigenvalue weighted by Crippen LogP contribution is 2.05. The van der Waals surface area contributed by atoms with Gasteiger partial charge in [-0.2, -0.15) is 0 Å². The van der Waals surface area contributed by atoms with Crippen LogP contribution in [0, 0.1) is 13.8 Å². The molecule has 0 bridgehead atoms. The van der Waals surface area contributed by atoms with Crippen molar-refractivity contribution in [2.45, 2.75) is 13.8 Å². The SMILES string of the molecule is Cc1nc2cc[nH]c(=O)n2c1C. The van der Waals surface area contributed by atoms with E-state index in [1.54, 1.807) is 16.7 Å². The Morgan fingerprint density at radius 3 is 2.92 bits per heavy atom. The van der Waals surface area contributed by atoms with Crippen LogP contribution in [0.5, 0.6) is 0 Å². The Hall–Kier alpha value is -1.58. The molecule has 0 atom stereocenters. The van der Waals surface area contributed by atoms with Gasteiger partial charge >= 0.3 is 5.69 Å². The van der Waals surface area contributed by atoms with Crippen molar-refractivity contribution in [1.82, 2.24) is 14.4 Å². The van der Waals surface area contributed by atoms with Gasteiger partial charge in [-0.1, -0.05) is 0 Å². The van der Waals surface area contributed by atoms with E-state index in [9.17, 15) is 4.79 Å². The molecule has 0 radical (unpaired) electrons. The molecular formula is C8H9N3O. The Bertz CT molecular complexity index is 480. The Morgan fingerprint density at radius 2 is 2.25 bits per heavy atom. The number of fused-ring (bicyclic) bond motifs is 1. The molecular weight excluding hydrogens is 154 g/mol. The summed E-state index contributed by atoms with van der Waals surface area (Å²) in [6.07, 6.45) is 1.60. The van der Waals surface area contributed by atoms with Crippen molar-refractivity contribution in [1.29, 1.82) is 0 Å². The van der Waals surface area contributed by atoms with Gasteiger partial charge in [-0.15, -0.1) is 0 Å². The van der Waals surface area contributed by atoms with Crippen LogP contribution in [-0.4, -0.2) is 14.4 Å². The molecule has 0 spiro atoms. The molecule has 0 saturated carbocycles. The Balaban J connectivity index is 3.07. The van der Waals surface area contributed by atoms with E-state index in [1.807, 2.05) is 13.8 Å². The zero-order valence-corrected chi connectivity index (χ0v) is 6.96. The van der Waals surface area contributed by atoms with Gasteiger partial charge in [0.15, 0.2) is 0 Å². The third kappa shape index (κ3) is 0.777. The molecule has 4 heteroatoms. The number of H-pyrrole nitrogens is 1. The Morgan fingerprint density at radius 1 is 1.50 bits per heavy atom. The lowest BCUT2D eigenvalue weighted by atomic mass is 10.4. The van der Waals surface area contributed by atoms with E-state index >= 15 is 0 Å². The van der Waals surface area contributed by atoms with Crippen molar-refractivity contribution < 1.29 is 0 Å². The lowest BCUT2D eigenvalue weighted by Gasteiger charge is -1.92. The molecule has 0 saturated heterocycles. The number of nitrogens with zero attached hydrogens (tertiary/aromatic N) is 2. The lowest BCUT2D eigenvalue weighted by Crippen LogP contribution is -2.15. The highest BCUT2D eigenvalue weighted by atomic mass is 16.1. The van der Waals surface area contributed by atoms with Gasteiger partial charge in [0.1, 0.15) is 5.65 Å². The highest BCUT2D eigenvalue weighted by Gasteiger charge is 2.04. The van der Waals surface area contributed by atoms with Gasteiger partial charge in [0.25, 0.3) is 0 Å². The van der Waals surface area contributed by atoms with Crippen LogP contribution in [0.25, 0.3) is 5.65 Å². The monoisotopic (exact) mass is 163 g/mol. The van der Waals surface area contributed by atoms with Crippen LogP contribution in [-0.2, 0) is 0 Å². The fraction of sp³-hybridized carbons (Fsp3) is 0.250. The van der Waals surface area contributed by atoms with Crippen molar-refractivity contribution in [3.05, 3.63) is 34.1 Å². The predicted molar refractivity (Wildman–Crippen MR) is 45.3 cm³/mol. The standard InChI is InChI=1S/C8H9N3O/c1-5-6(2)11-7(10-5)3-4-9-8(11)12/h3-4H,1-2H3,(H,9,12). The Kier molecular flexibility index (Phi) is 1.30. The number of hydrogen-bond acceptors (Lipinski definition) is 2. The van der Waals surface area contributed by atoms with Crippen molar-refractivity contribution >= 4 is 5.65 Å². The third-order valence-electron chi connectivity index (χ3n) is 2.01. The van der Waals surface area contributed by atoms with Crippen molar-refractivity contribution in [3.8, 4) is 0 Å². The summed E-state index contributed by atoms with van der Waals surface area (Å²) in [5.41, 5.74) is 2.36. The first-order valence-corrected chi connectivity index (χ1v) is 3.73. The van der Waals surface area contributed by atoms with Crippen LogP contribution in [0.15, 0.2) is 17.1 Å². The first-order valence-electron chi connectivity index (χ1n) is 3.73. The number of nitrogens with one attached hydrogen (secondary N) is 1. The molecule has 0 aliphatic heterocycles. The topological polar surface area (TPSA) is 50.2 Å². The maximum atomic E-state index is 11.3. The highest BCUT2D eigenvalue weighted by molar-refractivity contribution is 5.40. The number of hydrogen-bond donors (Lipinski definition) is 1. The molecule has 0 aliphatic carbocycles. The molecule has 0 aromatic carbocycles. The molecule has 0 amide bonds. The van der Waals surface area contributed by atoms with E-state index in [0.717, 1.165) is 11.4 Å². The first-order chi connectivity index (χ1) is 5.70. The summed E-state index contributed by atoms with van der Waals surface area (Å²) in [5, 5.41) is 0. The normalized spacial score (nSPS) is 10.8. The smallest absolute Gasteiger partial charge is 0.314 e. The summed E-state index contributed by atoms with van der Waals surface area (Å²) in [6.45, 7) is 3.77. The van der Waals surface area contributed by atoms with Crippen molar-refractivity contribution in [3.63, 3.8) is 0 Å². The van der Waals surface area contributed by atoms with Crippen LogP contribution in [0.1, 0.15) is 11.4 Å². The minimum absolute atomic E-state index is 0.134. The van der Waals surface area contributed by atoms with Gasteiger partial charge < -0.3 is 4.98 Å². The summed E-state index contributed by atoms with van der Waals surface area (Å²) < 4.78 is 1.56. The summed E-state index contributed by atoms with van der Waals surface area (Å²) >= 11 is 0. The quantitative estimate of drug-likeness (QED) is 0.619. The fourth-order valence-corrected chi connectivity index (χ4v) is 1.26. The predicted octanol–water partition coefficient (Wildman–Crippen LogP) is 0.639. The van der Waals surface area contributed by atoms with Crippen molar-refractivity contribution in [2.75, 3.05) is 0 Å². The summed E-state index contributed by atoms with van der Waals surface area (Å²) in [7, 11) is 0. The number of aromatic nitrogens is 3. The number of imidazole rings is 1. The first kappa shape index (κ1) is 7.09. The molecule has 4 nitrogen and oxygen atoms in total. The summed E-state index contributed by atoms with van der Waals surface area (Å²) in [4.78, 5) is 18.1. The maximum Gasteiger partial charge on any atom is 0.331 e. The number of aromatic amines is 1. The lowest BCUT2D eigenvalue weighted by molar-refractivity contribution is 0.963. The van der Waals surface area contributed by atoms with Gasteiger partial charge in [-0.3, -0.25) is 0 Å². The second-order valence-electron chi connectivity index (χ2n) is 2.76. The largest absolute Gasteiger partial charge is 0.331 e. The average Bonchev–Trinajstić information content (AvgIpc) is 2.29. The summed E-state index contributed by atoms with van der Waals surface area (Å²) in [6, 6.07) is 1.78. The second-order valence-corrected chi connectivity index (χ2v) is 2.76. The van der Waals surface area contributed by atoms with E-state index in [4.69, 9.17) is 0 Å². The molecule has 12 heavy (non-hydrogen) atoms. The molecule has 62 valence electrons. The molecule has 0 aliphatic rings. The van der Waals surface area contributed by atoms with E-state index in [1.165, 1.54) is 0 Å². The molecule has 2 aromatic heterocycles. The zero-order valence-electron chi connectivity index (χ0n) is 6.96. The van der Waals surface area contributed by atoms with Crippen LogP contribution in [0.2, 0.25) is 0 Å². The molecule has 2 aromatic rings. The van der Waals surface area contributed by atoms with Gasteiger partial charge in [0, 0.05) is 11.9 Å². The van der Waals surface area contributed by atoms with E-state index < -0.39 is 0 Å². The van der Waals surface area contributed by atoms with Gasteiger partial charge in [0.2, 0.25) is 0 Å². The van der Waals surface area contributed by atoms with E-state index in [2.05, 4.69) is 9.97 Å². The zero-order chi connectivity index (χ0) is 8.72. The fourth-order valence-electron chi connectivity index (χ4n) is 1.26. The molecule has 2 heterocycles. The van der Waals surface area contributed by atoms with Crippen LogP contribution in [0.4, 0.5) is 0 Å².